The maximum Gasteiger partial charge on any atom is 0.324 e. The number of carboxylic acid groups (broad SMARTS) is 1. The second-order valence-electron chi connectivity index (χ2n) is 2.59. The van der Waals surface area contributed by atoms with Gasteiger partial charge in [-0.25, -0.2) is 0 Å². The highest BCUT2D eigenvalue weighted by Crippen LogP contribution is 1.99. The van der Waals surface area contributed by atoms with Crippen LogP contribution in [0.5, 0.6) is 0 Å². The fourth-order valence-corrected chi connectivity index (χ4v) is 0.594. The van der Waals surface area contributed by atoms with E-state index in [0.29, 0.717) is 6.61 Å². The molecule has 3 nitrogen and oxygen atoms in total. The molecular formula is C8H13ClO3. The van der Waals surface area contributed by atoms with Crippen LogP contribution in [0.4, 0.5) is 0 Å². The van der Waals surface area contributed by atoms with E-state index in [0.717, 1.165) is 12.0 Å². The van der Waals surface area contributed by atoms with Crippen LogP contribution in [0.3, 0.4) is 0 Å². The van der Waals surface area contributed by atoms with Gasteiger partial charge in [-0.2, -0.15) is 0 Å². The quantitative estimate of drug-likeness (QED) is 0.396. The van der Waals surface area contributed by atoms with Crippen LogP contribution in [-0.4, -0.2) is 29.7 Å². The summed E-state index contributed by atoms with van der Waals surface area (Å²) in [6.07, 6.45) is 0.739. The summed E-state index contributed by atoms with van der Waals surface area (Å²) in [5, 5.41) is 7.41. The second-order valence-corrected chi connectivity index (χ2v) is 3.11. The van der Waals surface area contributed by atoms with Gasteiger partial charge in [-0.05, 0) is 13.3 Å². The summed E-state index contributed by atoms with van der Waals surface area (Å²) in [5.74, 6) is -1.05. The van der Waals surface area contributed by atoms with Crippen molar-refractivity contribution < 1.29 is 14.6 Å². The Morgan fingerprint density at radius 1 is 1.75 bits per heavy atom. The van der Waals surface area contributed by atoms with Crippen LogP contribution in [0.15, 0.2) is 12.2 Å². The minimum absolute atomic E-state index is 0.0458. The maximum atomic E-state index is 10.2. The fraction of sp³-hybridized carbons (Fsp3) is 0.625. The SMILES string of the molecule is C=C(C)CCOCC(Cl)C(=O)O. The van der Waals surface area contributed by atoms with Gasteiger partial charge in [0, 0.05) is 0 Å². The molecule has 0 aromatic carbocycles. The number of ether oxygens (including phenoxy) is 1. The minimum atomic E-state index is -1.05. The van der Waals surface area contributed by atoms with Gasteiger partial charge in [-0.1, -0.05) is 5.57 Å². The van der Waals surface area contributed by atoms with Gasteiger partial charge in [0.05, 0.1) is 13.2 Å². The van der Waals surface area contributed by atoms with E-state index in [-0.39, 0.29) is 6.61 Å². The predicted octanol–water partition coefficient (Wildman–Crippen LogP) is 1.66. The Kier molecular flexibility index (Phi) is 5.76. The Bertz CT molecular complexity index is 168. The Labute approximate surface area is 77.0 Å². The number of carbonyl (C=O) groups is 1. The van der Waals surface area contributed by atoms with Crippen molar-refractivity contribution in [2.75, 3.05) is 13.2 Å². The van der Waals surface area contributed by atoms with Crippen molar-refractivity contribution in [2.24, 2.45) is 0 Å². The van der Waals surface area contributed by atoms with E-state index in [4.69, 9.17) is 21.4 Å². The number of rotatable bonds is 6. The Morgan fingerprint density at radius 2 is 2.33 bits per heavy atom. The van der Waals surface area contributed by atoms with Gasteiger partial charge in [0.1, 0.15) is 0 Å². The lowest BCUT2D eigenvalue weighted by atomic mass is 10.3. The monoisotopic (exact) mass is 192 g/mol. The number of hydrogen-bond acceptors (Lipinski definition) is 2. The zero-order valence-corrected chi connectivity index (χ0v) is 7.80. The molecule has 12 heavy (non-hydrogen) atoms. The normalized spacial score (nSPS) is 12.5. The van der Waals surface area contributed by atoms with E-state index in [2.05, 4.69) is 6.58 Å². The molecule has 1 unspecified atom stereocenters. The molecular weight excluding hydrogens is 180 g/mol. The zero-order chi connectivity index (χ0) is 9.56. The smallest absolute Gasteiger partial charge is 0.324 e. The largest absolute Gasteiger partial charge is 0.480 e. The third kappa shape index (κ3) is 6.19. The van der Waals surface area contributed by atoms with E-state index < -0.39 is 11.3 Å². The average molecular weight is 193 g/mol. The molecule has 0 saturated carbocycles. The highest BCUT2D eigenvalue weighted by Gasteiger charge is 2.12. The van der Waals surface area contributed by atoms with E-state index in [9.17, 15) is 4.79 Å². The van der Waals surface area contributed by atoms with Crippen LogP contribution < -0.4 is 0 Å². The van der Waals surface area contributed by atoms with Crippen LogP contribution in [0, 0.1) is 0 Å². The molecule has 0 aromatic rings. The van der Waals surface area contributed by atoms with Crippen molar-refractivity contribution in [3.63, 3.8) is 0 Å². The van der Waals surface area contributed by atoms with Crippen LogP contribution in [0.1, 0.15) is 13.3 Å². The molecule has 0 rings (SSSR count). The molecule has 1 N–H and O–H groups in total. The molecule has 0 spiro atoms. The summed E-state index contributed by atoms with van der Waals surface area (Å²) in [4.78, 5) is 10.2. The topological polar surface area (TPSA) is 46.5 Å². The fourth-order valence-electron chi connectivity index (χ4n) is 0.504. The van der Waals surface area contributed by atoms with Gasteiger partial charge in [-0.15, -0.1) is 18.2 Å². The lowest BCUT2D eigenvalue weighted by Crippen LogP contribution is -2.20. The Hall–Kier alpha value is -0.540. The first kappa shape index (κ1) is 11.5. The van der Waals surface area contributed by atoms with Crippen LogP contribution in [0.2, 0.25) is 0 Å². The first-order valence-electron chi connectivity index (χ1n) is 3.63. The zero-order valence-electron chi connectivity index (χ0n) is 7.05. The molecule has 0 aliphatic rings. The summed E-state index contributed by atoms with van der Waals surface area (Å²) in [7, 11) is 0. The highest BCUT2D eigenvalue weighted by molar-refractivity contribution is 6.29. The molecule has 0 saturated heterocycles. The van der Waals surface area contributed by atoms with Gasteiger partial charge in [0.2, 0.25) is 0 Å². The third-order valence-corrected chi connectivity index (χ3v) is 1.52. The van der Waals surface area contributed by atoms with Gasteiger partial charge in [0.25, 0.3) is 0 Å². The molecule has 0 aliphatic heterocycles. The first-order valence-corrected chi connectivity index (χ1v) is 4.06. The van der Waals surface area contributed by atoms with Crippen molar-refractivity contribution in [3.8, 4) is 0 Å². The number of hydrogen-bond donors (Lipinski definition) is 1. The predicted molar refractivity (Wildman–Crippen MR) is 47.5 cm³/mol. The highest BCUT2D eigenvalue weighted by atomic mass is 35.5. The second kappa shape index (κ2) is 6.03. The lowest BCUT2D eigenvalue weighted by Gasteiger charge is -2.05. The summed E-state index contributed by atoms with van der Waals surface area (Å²) < 4.78 is 4.99. The minimum Gasteiger partial charge on any atom is -0.480 e. The molecule has 4 heteroatoms. The van der Waals surface area contributed by atoms with Crippen molar-refractivity contribution in [1.82, 2.24) is 0 Å². The molecule has 0 heterocycles. The number of alkyl halides is 1. The van der Waals surface area contributed by atoms with Crippen LogP contribution >= 0.6 is 11.6 Å². The number of aliphatic carboxylic acids is 1. The van der Waals surface area contributed by atoms with Crippen molar-refractivity contribution >= 4 is 17.6 Å². The maximum absolute atomic E-state index is 10.2. The van der Waals surface area contributed by atoms with Crippen molar-refractivity contribution in [3.05, 3.63) is 12.2 Å². The molecule has 0 fully saturated rings. The van der Waals surface area contributed by atoms with Gasteiger partial charge >= 0.3 is 5.97 Å². The summed E-state index contributed by atoms with van der Waals surface area (Å²) >= 11 is 5.38. The molecule has 70 valence electrons. The molecule has 0 aromatic heterocycles. The van der Waals surface area contributed by atoms with Gasteiger partial charge in [-0.3, -0.25) is 4.79 Å². The lowest BCUT2D eigenvalue weighted by molar-refractivity contribution is -0.137. The van der Waals surface area contributed by atoms with Crippen LogP contribution in [0.25, 0.3) is 0 Å². The van der Waals surface area contributed by atoms with Gasteiger partial charge in [0.15, 0.2) is 5.38 Å². The summed E-state index contributed by atoms with van der Waals surface area (Å²) in [6.45, 7) is 6.09. The van der Waals surface area contributed by atoms with Crippen molar-refractivity contribution in [1.29, 1.82) is 0 Å². The van der Waals surface area contributed by atoms with E-state index >= 15 is 0 Å². The Morgan fingerprint density at radius 3 is 2.75 bits per heavy atom. The van der Waals surface area contributed by atoms with Crippen molar-refractivity contribution in [2.45, 2.75) is 18.7 Å². The Balaban J connectivity index is 3.31. The molecule has 0 amide bonds. The van der Waals surface area contributed by atoms with Crippen LogP contribution in [-0.2, 0) is 9.53 Å². The number of carboxylic acids is 1. The van der Waals surface area contributed by atoms with Gasteiger partial charge < -0.3 is 9.84 Å². The van der Waals surface area contributed by atoms with E-state index in [1.807, 2.05) is 6.92 Å². The first-order chi connectivity index (χ1) is 5.54. The third-order valence-electron chi connectivity index (χ3n) is 1.21. The average Bonchev–Trinajstić information content (AvgIpc) is 1.97. The van der Waals surface area contributed by atoms with E-state index in [1.165, 1.54) is 0 Å². The molecule has 0 aliphatic carbocycles. The molecule has 0 radical (unpaired) electrons. The number of halogens is 1. The standard InChI is InChI=1S/C8H13ClO3/c1-6(2)3-4-12-5-7(9)8(10)11/h7H,1,3-5H2,2H3,(H,10,11). The van der Waals surface area contributed by atoms with E-state index in [1.54, 1.807) is 0 Å². The summed E-state index contributed by atoms with van der Waals surface area (Å²) in [6, 6.07) is 0. The molecule has 1 atom stereocenters. The molecule has 0 bridgehead atoms. The summed E-state index contributed by atoms with van der Waals surface area (Å²) in [5.41, 5.74) is 1.01.